The Bertz CT molecular complexity index is 495. The Kier molecular flexibility index (Phi) is 5.49. The van der Waals surface area contributed by atoms with E-state index in [1.807, 2.05) is 19.0 Å². The van der Waals surface area contributed by atoms with Gasteiger partial charge in [-0.2, -0.15) is 4.31 Å². The van der Waals surface area contributed by atoms with Crippen LogP contribution >= 0.6 is 0 Å². The number of likely N-dealkylation sites (N-methyl/N-ethyl adjacent to an activating group) is 2. The molecule has 0 heterocycles. The second kappa shape index (κ2) is 6.47. The Morgan fingerprint density at radius 3 is 2.05 bits per heavy atom. The van der Waals surface area contributed by atoms with Crippen LogP contribution in [0.5, 0.6) is 0 Å². The van der Waals surface area contributed by atoms with E-state index in [0.29, 0.717) is 18.7 Å². The van der Waals surface area contributed by atoms with Gasteiger partial charge in [0.2, 0.25) is 10.0 Å². The maximum Gasteiger partial charge on any atom is 0.242 e. The Balaban J connectivity index is 2.87. The molecule has 0 spiro atoms. The van der Waals surface area contributed by atoms with E-state index >= 15 is 0 Å². The smallest absolute Gasteiger partial charge is 0.242 e. The van der Waals surface area contributed by atoms with Crippen molar-refractivity contribution in [3.63, 3.8) is 0 Å². The molecule has 0 saturated heterocycles. The van der Waals surface area contributed by atoms with Gasteiger partial charge in [0.05, 0.1) is 11.0 Å². The van der Waals surface area contributed by atoms with Crippen molar-refractivity contribution in [2.24, 2.45) is 0 Å². The topological polar surface area (TPSA) is 60.9 Å². The highest BCUT2D eigenvalue weighted by Gasteiger charge is 2.20. The predicted molar refractivity (Wildman–Crippen MR) is 75.4 cm³/mol. The normalized spacial score (nSPS) is 14.1. The zero-order valence-electron chi connectivity index (χ0n) is 11.9. The van der Waals surface area contributed by atoms with Gasteiger partial charge in [0.15, 0.2) is 0 Å². The van der Waals surface area contributed by atoms with Gasteiger partial charge in [-0.1, -0.05) is 12.1 Å². The van der Waals surface area contributed by atoms with E-state index in [-0.39, 0.29) is 4.90 Å². The van der Waals surface area contributed by atoms with E-state index in [1.54, 1.807) is 26.1 Å². The lowest BCUT2D eigenvalue weighted by Crippen LogP contribution is -2.33. The van der Waals surface area contributed by atoms with Gasteiger partial charge in [-0.05, 0) is 38.7 Å². The number of benzene rings is 1. The molecule has 0 aliphatic rings. The molecule has 1 atom stereocenters. The monoisotopic (exact) mass is 286 g/mol. The minimum atomic E-state index is -3.45. The number of aliphatic hydroxyl groups excluding tert-OH is 1. The molecule has 0 amide bonds. The summed E-state index contributed by atoms with van der Waals surface area (Å²) in [7, 11) is 1.92. The first kappa shape index (κ1) is 16.1. The van der Waals surface area contributed by atoms with Crippen LogP contribution in [0.4, 0.5) is 0 Å². The fourth-order valence-electron chi connectivity index (χ4n) is 1.56. The fourth-order valence-corrected chi connectivity index (χ4v) is 2.72. The Morgan fingerprint density at radius 1 is 1.11 bits per heavy atom. The Hall–Kier alpha value is -0.950. The predicted octanol–water partition coefficient (Wildman–Crippen LogP) is 0.922. The molecule has 1 N–H and O–H groups in total. The SMILES string of the molecule is CC(O)c1ccc(S(=O)(=O)N(C)CCN(C)C)cc1. The number of sulfonamides is 1. The van der Waals surface area contributed by atoms with E-state index in [4.69, 9.17) is 0 Å². The van der Waals surface area contributed by atoms with Crippen LogP contribution in [-0.4, -0.2) is 57.0 Å². The molecule has 108 valence electrons. The lowest BCUT2D eigenvalue weighted by molar-refractivity contribution is 0.199. The molecular formula is C13H22N2O3S. The molecule has 0 bridgehead atoms. The zero-order valence-corrected chi connectivity index (χ0v) is 12.7. The lowest BCUT2D eigenvalue weighted by atomic mass is 10.1. The van der Waals surface area contributed by atoms with Gasteiger partial charge in [0.25, 0.3) is 0 Å². The molecule has 19 heavy (non-hydrogen) atoms. The van der Waals surface area contributed by atoms with E-state index in [1.165, 1.54) is 16.4 Å². The highest BCUT2D eigenvalue weighted by Crippen LogP contribution is 2.18. The maximum atomic E-state index is 12.3. The van der Waals surface area contributed by atoms with Gasteiger partial charge in [-0.3, -0.25) is 0 Å². The third-order valence-electron chi connectivity index (χ3n) is 2.93. The van der Waals surface area contributed by atoms with Crippen LogP contribution in [0.1, 0.15) is 18.6 Å². The molecule has 5 nitrogen and oxygen atoms in total. The number of nitrogens with zero attached hydrogens (tertiary/aromatic N) is 2. The average Bonchev–Trinajstić information content (AvgIpc) is 2.35. The number of hydrogen-bond donors (Lipinski definition) is 1. The largest absolute Gasteiger partial charge is 0.389 e. The Labute approximate surface area is 115 Å². The minimum absolute atomic E-state index is 0.248. The van der Waals surface area contributed by atoms with Gasteiger partial charge in [0.1, 0.15) is 0 Å². The summed E-state index contributed by atoms with van der Waals surface area (Å²) in [5.74, 6) is 0. The molecule has 6 heteroatoms. The van der Waals surface area contributed by atoms with Crippen molar-refractivity contribution in [2.45, 2.75) is 17.9 Å². The van der Waals surface area contributed by atoms with Crippen molar-refractivity contribution < 1.29 is 13.5 Å². The summed E-state index contributed by atoms with van der Waals surface area (Å²) in [6, 6.07) is 6.34. The summed E-state index contributed by atoms with van der Waals surface area (Å²) in [6.45, 7) is 2.75. The van der Waals surface area contributed by atoms with Gasteiger partial charge in [-0.15, -0.1) is 0 Å². The molecule has 0 aromatic heterocycles. The van der Waals surface area contributed by atoms with Crippen molar-refractivity contribution in [1.29, 1.82) is 0 Å². The lowest BCUT2D eigenvalue weighted by Gasteiger charge is -2.19. The first-order valence-electron chi connectivity index (χ1n) is 6.14. The molecule has 0 radical (unpaired) electrons. The van der Waals surface area contributed by atoms with Crippen LogP contribution in [0.25, 0.3) is 0 Å². The summed E-state index contributed by atoms with van der Waals surface area (Å²) in [6.07, 6.45) is -0.594. The Morgan fingerprint density at radius 2 is 1.63 bits per heavy atom. The molecule has 0 fully saturated rings. The van der Waals surface area contributed by atoms with Crippen molar-refractivity contribution in [1.82, 2.24) is 9.21 Å². The zero-order chi connectivity index (χ0) is 14.6. The van der Waals surface area contributed by atoms with Gasteiger partial charge < -0.3 is 10.0 Å². The van der Waals surface area contributed by atoms with Crippen molar-refractivity contribution >= 4 is 10.0 Å². The quantitative estimate of drug-likeness (QED) is 0.845. The van der Waals surface area contributed by atoms with Gasteiger partial charge in [-0.25, -0.2) is 8.42 Å². The minimum Gasteiger partial charge on any atom is -0.389 e. The van der Waals surface area contributed by atoms with Crippen molar-refractivity contribution in [2.75, 3.05) is 34.2 Å². The second-order valence-corrected chi connectivity index (χ2v) is 6.92. The summed E-state index contributed by atoms with van der Waals surface area (Å²) < 4.78 is 25.9. The number of rotatable bonds is 6. The standard InChI is InChI=1S/C13H22N2O3S/c1-11(16)12-5-7-13(8-6-12)19(17,18)15(4)10-9-14(2)3/h5-8,11,16H,9-10H2,1-4H3. The fraction of sp³-hybridized carbons (Fsp3) is 0.538. The van der Waals surface area contributed by atoms with E-state index in [9.17, 15) is 13.5 Å². The molecule has 1 unspecified atom stereocenters. The molecule has 0 saturated carbocycles. The molecule has 1 aromatic rings. The summed E-state index contributed by atoms with van der Waals surface area (Å²) in [4.78, 5) is 2.18. The second-order valence-electron chi connectivity index (χ2n) is 4.87. The first-order valence-corrected chi connectivity index (χ1v) is 7.58. The summed E-state index contributed by atoms with van der Waals surface area (Å²) in [5.41, 5.74) is 0.704. The van der Waals surface area contributed by atoms with Crippen LogP contribution in [-0.2, 0) is 10.0 Å². The highest BCUT2D eigenvalue weighted by molar-refractivity contribution is 7.89. The van der Waals surface area contributed by atoms with E-state index in [0.717, 1.165) is 0 Å². The van der Waals surface area contributed by atoms with Crippen LogP contribution in [0.2, 0.25) is 0 Å². The molecule has 1 aromatic carbocycles. The third-order valence-corrected chi connectivity index (χ3v) is 4.80. The van der Waals surface area contributed by atoms with Gasteiger partial charge >= 0.3 is 0 Å². The number of aliphatic hydroxyl groups is 1. The van der Waals surface area contributed by atoms with Crippen molar-refractivity contribution in [3.8, 4) is 0 Å². The molecular weight excluding hydrogens is 264 g/mol. The molecule has 0 aliphatic carbocycles. The maximum absolute atomic E-state index is 12.3. The summed E-state index contributed by atoms with van der Waals surface area (Å²) in [5, 5.41) is 9.41. The van der Waals surface area contributed by atoms with Crippen molar-refractivity contribution in [3.05, 3.63) is 29.8 Å². The third kappa shape index (κ3) is 4.28. The van der Waals surface area contributed by atoms with E-state index in [2.05, 4.69) is 0 Å². The van der Waals surface area contributed by atoms with E-state index < -0.39 is 16.1 Å². The van der Waals surface area contributed by atoms with Gasteiger partial charge in [0, 0.05) is 20.1 Å². The highest BCUT2D eigenvalue weighted by atomic mass is 32.2. The van der Waals surface area contributed by atoms with Crippen LogP contribution in [0.15, 0.2) is 29.2 Å². The first-order chi connectivity index (χ1) is 8.75. The molecule has 1 rings (SSSR count). The van der Waals surface area contributed by atoms with Crippen LogP contribution < -0.4 is 0 Å². The summed E-state index contributed by atoms with van der Waals surface area (Å²) >= 11 is 0. The average molecular weight is 286 g/mol. The number of hydrogen-bond acceptors (Lipinski definition) is 4. The van der Waals surface area contributed by atoms with Crippen LogP contribution in [0, 0.1) is 0 Å². The molecule has 0 aliphatic heterocycles. The van der Waals surface area contributed by atoms with Crippen LogP contribution in [0.3, 0.4) is 0 Å².